The van der Waals surface area contributed by atoms with Gasteiger partial charge in [-0.05, 0) is 6.42 Å². The number of thiazole rings is 1. The molecule has 2 N–H and O–H groups in total. The molecule has 0 spiro atoms. The summed E-state index contributed by atoms with van der Waals surface area (Å²) in [6, 6.07) is 0. The molecule has 0 aromatic carbocycles. The van der Waals surface area contributed by atoms with E-state index in [4.69, 9.17) is 0 Å². The van der Waals surface area contributed by atoms with Crippen molar-refractivity contribution >= 4 is 11.3 Å². The molecule has 0 atom stereocenters. The molecule has 2 heterocycles. The molecule has 2 aromatic heterocycles. The minimum Gasteiger partial charge on any atom is -0.494 e. The van der Waals surface area contributed by atoms with E-state index in [9.17, 15) is 14.7 Å². The minimum absolute atomic E-state index is 0.207. The van der Waals surface area contributed by atoms with Gasteiger partial charge in [0.25, 0.3) is 5.56 Å². The Hall–Kier alpha value is -1.89. The summed E-state index contributed by atoms with van der Waals surface area (Å²) in [5, 5.41) is 9.88. The first kappa shape index (κ1) is 11.6. The number of aromatic hydroxyl groups is 1. The molecular weight excluding hydrogens is 242 g/mol. The summed E-state index contributed by atoms with van der Waals surface area (Å²) in [7, 11) is 0. The third-order valence-electron chi connectivity index (χ3n) is 2.42. The first-order chi connectivity index (χ1) is 8.13. The molecule has 0 aliphatic heterocycles. The van der Waals surface area contributed by atoms with Crippen LogP contribution in [0.5, 0.6) is 5.88 Å². The maximum absolute atomic E-state index is 11.6. The molecule has 0 saturated carbocycles. The molecule has 0 bridgehead atoms. The fourth-order valence-electron chi connectivity index (χ4n) is 1.54. The normalized spacial score (nSPS) is 10.6. The SMILES string of the molecule is CCc1c(O)n(Cc2cncs2)c(=O)[nH]c1=O. The second kappa shape index (κ2) is 4.54. The van der Waals surface area contributed by atoms with Crippen molar-refractivity contribution in [3.8, 4) is 5.88 Å². The van der Waals surface area contributed by atoms with Crippen molar-refractivity contribution < 1.29 is 5.11 Å². The van der Waals surface area contributed by atoms with Gasteiger partial charge in [0.05, 0.1) is 17.6 Å². The van der Waals surface area contributed by atoms with Crippen LogP contribution < -0.4 is 11.2 Å². The Bertz CT molecular complexity index is 627. The van der Waals surface area contributed by atoms with Gasteiger partial charge in [0, 0.05) is 11.1 Å². The summed E-state index contributed by atoms with van der Waals surface area (Å²) in [4.78, 5) is 29.9. The summed E-state index contributed by atoms with van der Waals surface area (Å²) in [6.45, 7) is 1.95. The Morgan fingerprint density at radius 2 is 2.29 bits per heavy atom. The van der Waals surface area contributed by atoms with Gasteiger partial charge in [-0.3, -0.25) is 19.3 Å². The summed E-state index contributed by atoms with van der Waals surface area (Å²) < 4.78 is 1.13. The number of H-pyrrole nitrogens is 1. The lowest BCUT2D eigenvalue weighted by molar-refractivity contribution is 0.402. The average Bonchev–Trinajstić information content (AvgIpc) is 2.77. The van der Waals surface area contributed by atoms with Crippen LogP contribution >= 0.6 is 11.3 Å². The zero-order valence-electron chi connectivity index (χ0n) is 9.14. The standard InChI is InChI=1S/C10H11N3O3S/c1-2-7-8(14)12-10(16)13(9(7)15)4-6-3-11-5-17-6/h3,5,15H,2,4H2,1H3,(H,12,14,16). The van der Waals surface area contributed by atoms with E-state index in [2.05, 4.69) is 9.97 Å². The maximum atomic E-state index is 11.6. The first-order valence-corrected chi connectivity index (χ1v) is 5.93. The second-order valence-corrected chi connectivity index (χ2v) is 4.44. The van der Waals surface area contributed by atoms with E-state index in [-0.39, 0.29) is 18.0 Å². The van der Waals surface area contributed by atoms with Gasteiger partial charge in [0.15, 0.2) is 0 Å². The maximum Gasteiger partial charge on any atom is 0.331 e. The smallest absolute Gasteiger partial charge is 0.331 e. The predicted octanol–water partition coefficient (Wildman–Crippen LogP) is 0.309. The molecule has 0 unspecified atom stereocenters. The van der Waals surface area contributed by atoms with Crippen LogP contribution in [0.25, 0.3) is 0 Å². The number of aromatic amines is 1. The predicted molar refractivity (Wildman–Crippen MR) is 63.6 cm³/mol. The molecule has 0 aliphatic rings. The van der Waals surface area contributed by atoms with Crippen molar-refractivity contribution in [2.45, 2.75) is 19.9 Å². The topological polar surface area (TPSA) is 88.0 Å². The van der Waals surface area contributed by atoms with Crippen LogP contribution in [0.3, 0.4) is 0 Å². The van der Waals surface area contributed by atoms with Crippen molar-refractivity contribution in [2.24, 2.45) is 0 Å². The van der Waals surface area contributed by atoms with Gasteiger partial charge in [0.1, 0.15) is 0 Å². The lowest BCUT2D eigenvalue weighted by Crippen LogP contribution is -2.32. The zero-order chi connectivity index (χ0) is 12.4. The molecular formula is C10H11N3O3S. The Morgan fingerprint density at radius 3 is 2.88 bits per heavy atom. The highest BCUT2D eigenvalue weighted by Gasteiger charge is 2.12. The van der Waals surface area contributed by atoms with Crippen LogP contribution in [-0.4, -0.2) is 19.6 Å². The highest BCUT2D eigenvalue weighted by atomic mass is 32.1. The van der Waals surface area contributed by atoms with Gasteiger partial charge in [0.2, 0.25) is 5.88 Å². The lowest BCUT2D eigenvalue weighted by atomic mass is 10.2. The van der Waals surface area contributed by atoms with Crippen LogP contribution in [-0.2, 0) is 13.0 Å². The molecule has 2 rings (SSSR count). The van der Waals surface area contributed by atoms with Crippen LogP contribution in [0.1, 0.15) is 17.4 Å². The first-order valence-electron chi connectivity index (χ1n) is 5.05. The van der Waals surface area contributed by atoms with Crippen molar-refractivity contribution in [2.75, 3.05) is 0 Å². The molecule has 0 amide bonds. The highest BCUT2D eigenvalue weighted by Crippen LogP contribution is 2.14. The number of rotatable bonds is 3. The number of aromatic nitrogens is 3. The van der Waals surface area contributed by atoms with Crippen molar-refractivity contribution in [1.29, 1.82) is 0 Å². The highest BCUT2D eigenvalue weighted by molar-refractivity contribution is 7.09. The van der Waals surface area contributed by atoms with Crippen molar-refractivity contribution in [1.82, 2.24) is 14.5 Å². The Morgan fingerprint density at radius 1 is 1.53 bits per heavy atom. The molecule has 90 valence electrons. The van der Waals surface area contributed by atoms with Crippen molar-refractivity contribution in [3.63, 3.8) is 0 Å². The van der Waals surface area contributed by atoms with E-state index in [1.165, 1.54) is 11.3 Å². The molecule has 0 aliphatic carbocycles. The summed E-state index contributed by atoms with van der Waals surface area (Å²) in [5.41, 5.74) is 0.715. The fraction of sp³-hybridized carbons (Fsp3) is 0.300. The van der Waals surface area contributed by atoms with E-state index in [1.807, 2.05) is 0 Å². The summed E-state index contributed by atoms with van der Waals surface area (Å²) >= 11 is 1.38. The largest absolute Gasteiger partial charge is 0.494 e. The fourth-order valence-corrected chi connectivity index (χ4v) is 2.12. The Balaban J connectivity index is 2.54. The third-order valence-corrected chi connectivity index (χ3v) is 3.18. The number of hydrogen-bond donors (Lipinski definition) is 2. The van der Waals surface area contributed by atoms with E-state index < -0.39 is 11.2 Å². The number of hydrogen-bond acceptors (Lipinski definition) is 5. The molecule has 17 heavy (non-hydrogen) atoms. The average molecular weight is 253 g/mol. The van der Waals surface area contributed by atoms with Gasteiger partial charge >= 0.3 is 5.69 Å². The molecule has 2 aromatic rings. The van der Waals surface area contributed by atoms with Crippen LogP contribution in [0.2, 0.25) is 0 Å². The quantitative estimate of drug-likeness (QED) is 0.824. The molecule has 0 saturated heterocycles. The Labute approximate surface area is 100 Å². The summed E-state index contributed by atoms with van der Waals surface area (Å²) in [5.74, 6) is -0.269. The third kappa shape index (κ3) is 2.14. The van der Waals surface area contributed by atoms with E-state index in [0.29, 0.717) is 6.42 Å². The lowest BCUT2D eigenvalue weighted by Gasteiger charge is -2.08. The molecule has 0 radical (unpaired) electrons. The monoisotopic (exact) mass is 253 g/mol. The molecule has 0 fully saturated rings. The van der Waals surface area contributed by atoms with Crippen LogP contribution in [0.15, 0.2) is 21.3 Å². The van der Waals surface area contributed by atoms with E-state index in [0.717, 1.165) is 9.44 Å². The molecule has 7 heteroatoms. The van der Waals surface area contributed by atoms with Gasteiger partial charge in [-0.15, -0.1) is 11.3 Å². The van der Waals surface area contributed by atoms with Gasteiger partial charge in [-0.2, -0.15) is 0 Å². The molecule has 6 nitrogen and oxygen atoms in total. The van der Waals surface area contributed by atoms with Crippen LogP contribution in [0.4, 0.5) is 0 Å². The number of nitrogens with one attached hydrogen (secondary N) is 1. The van der Waals surface area contributed by atoms with Crippen LogP contribution in [0, 0.1) is 0 Å². The number of nitrogens with zero attached hydrogens (tertiary/aromatic N) is 2. The summed E-state index contributed by atoms with van der Waals surface area (Å²) in [6.07, 6.45) is 1.98. The second-order valence-electron chi connectivity index (χ2n) is 3.47. The minimum atomic E-state index is -0.613. The zero-order valence-corrected chi connectivity index (χ0v) is 9.95. The van der Waals surface area contributed by atoms with E-state index >= 15 is 0 Å². The van der Waals surface area contributed by atoms with Gasteiger partial charge in [-0.25, -0.2) is 4.79 Å². The van der Waals surface area contributed by atoms with Crippen molar-refractivity contribution in [3.05, 3.63) is 43.0 Å². The van der Waals surface area contributed by atoms with Gasteiger partial charge in [-0.1, -0.05) is 6.92 Å². The Kier molecular flexibility index (Phi) is 3.10. The van der Waals surface area contributed by atoms with Gasteiger partial charge < -0.3 is 5.11 Å². The van der Waals surface area contributed by atoms with E-state index in [1.54, 1.807) is 18.6 Å².